The molecule has 0 saturated carbocycles. The van der Waals surface area contributed by atoms with Crippen molar-refractivity contribution in [3.8, 4) is 5.75 Å². The standard InChI is InChI=1S/C18H18N2O3/c1-13(21)14-6-8-17(9-7-14)23-18(22)19-20-11-10-15-4-2-3-5-16(15)12-20/h2-9H,10-12H2,1H3,(H,19,22). The van der Waals surface area contributed by atoms with Crippen molar-refractivity contribution in [2.45, 2.75) is 19.9 Å². The lowest BCUT2D eigenvalue weighted by Gasteiger charge is -2.28. The van der Waals surface area contributed by atoms with Gasteiger partial charge in [-0.2, -0.15) is 0 Å². The van der Waals surface area contributed by atoms with Crippen LogP contribution < -0.4 is 10.2 Å². The third-order valence-corrected chi connectivity index (χ3v) is 3.85. The number of Topliss-reactive ketones (excluding diaryl/α,β-unsaturated/α-hetero) is 1. The van der Waals surface area contributed by atoms with Crippen LogP contribution in [0.3, 0.4) is 0 Å². The number of carbonyl (C=O) groups excluding carboxylic acids is 2. The van der Waals surface area contributed by atoms with Crippen molar-refractivity contribution in [2.24, 2.45) is 0 Å². The van der Waals surface area contributed by atoms with Crippen LogP contribution in [-0.2, 0) is 13.0 Å². The number of rotatable bonds is 3. The van der Waals surface area contributed by atoms with Crippen LogP contribution in [0.4, 0.5) is 4.79 Å². The monoisotopic (exact) mass is 310 g/mol. The van der Waals surface area contributed by atoms with Gasteiger partial charge in [0.05, 0.1) is 0 Å². The molecule has 0 aliphatic carbocycles. The highest BCUT2D eigenvalue weighted by atomic mass is 16.6. The fourth-order valence-electron chi connectivity index (χ4n) is 2.61. The number of hydrogen-bond acceptors (Lipinski definition) is 4. The zero-order valence-corrected chi connectivity index (χ0v) is 12.9. The summed E-state index contributed by atoms with van der Waals surface area (Å²) < 4.78 is 5.24. The summed E-state index contributed by atoms with van der Waals surface area (Å²) in [5.41, 5.74) is 5.87. The number of fused-ring (bicyclic) bond motifs is 1. The maximum atomic E-state index is 12.0. The fraction of sp³-hybridized carbons (Fsp3) is 0.222. The average molecular weight is 310 g/mol. The molecule has 0 unspecified atom stereocenters. The molecule has 1 heterocycles. The number of ketones is 1. The molecule has 0 spiro atoms. The summed E-state index contributed by atoms with van der Waals surface area (Å²) in [6.07, 6.45) is 0.365. The maximum Gasteiger partial charge on any atom is 0.427 e. The van der Waals surface area contributed by atoms with E-state index in [1.807, 2.05) is 17.1 Å². The summed E-state index contributed by atoms with van der Waals surface area (Å²) in [7, 11) is 0. The summed E-state index contributed by atoms with van der Waals surface area (Å²) in [4.78, 5) is 23.2. The first-order valence-corrected chi connectivity index (χ1v) is 7.53. The van der Waals surface area contributed by atoms with Crippen molar-refractivity contribution in [1.29, 1.82) is 0 Å². The molecule has 0 fully saturated rings. The Morgan fingerprint density at radius 2 is 1.74 bits per heavy atom. The number of nitrogens with zero attached hydrogens (tertiary/aromatic N) is 1. The Labute approximate surface area is 134 Å². The van der Waals surface area contributed by atoms with Crippen LogP contribution >= 0.6 is 0 Å². The van der Waals surface area contributed by atoms with Crippen LogP contribution in [0, 0.1) is 0 Å². The first-order valence-electron chi connectivity index (χ1n) is 7.53. The SMILES string of the molecule is CC(=O)c1ccc(OC(=O)NN2CCc3ccccc3C2)cc1. The number of nitrogens with one attached hydrogen (secondary N) is 1. The van der Waals surface area contributed by atoms with Gasteiger partial charge in [0.15, 0.2) is 5.78 Å². The number of amides is 1. The Hall–Kier alpha value is -2.66. The van der Waals surface area contributed by atoms with Gasteiger partial charge in [0.25, 0.3) is 0 Å². The molecular weight excluding hydrogens is 292 g/mol. The van der Waals surface area contributed by atoms with E-state index in [0.29, 0.717) is 17.9 Å². The Morgan fingerprint density at radius 3 is 2.43 bits per heavy atom. The highest BCUT2D eigenvalue weighted by Gasteiger charge is 2.18. The Morgan fingerprint density at radius 1 is 1.04 bits per heavy atom. The van der Waals surface area contributed by atoms with Crippen molar-refractivity contribution in [1.82, 2.24) is 10.4 Å². The molecule has 23 heavy (non-hydrogen) atoms. The molecule has 0 bridgehead atoms. The molecule has 0 aromatic heterocycles. The number of carbonyl (C=O) groups is 2. The first-order chi connectivity index (χ1) is 11.1. The first kappa shape index (κ1) is 15.2. The number of ether oxygens (including phenoxy) is 1. The Balaban J connectivity index is 1.57. The Bertz CT molecular complexity index is 725. The summed E-state index contributed by atoms with van der Waals surface area (Å²) in [6, 6.07) is 14.7. The largest absolute Gasteiger partial charge is 0.427 e. The molecule has 3 rings (SSSR count). The highest BCUT2D eigenvalue weighted by molar-refractivity contribution is 5.94. The highest BCUT2D eigenvalue weighted by Crippen LogP contribution is 2.17. The van der Waals surface area contributed by atoms with Gasteiger partial charge in [-0.1, -0.05) is 24.3 Å². The lowest BCUT2D eigenvalue weighted by molar-refractivity contribution is 0.101. The molecule has 0 radical (unpaired) electrons. The van der Waals surface area contributed by atoms with E-state index in [1.165, 1.54) is 18.1 Å². The van der Waals surface area contributed by atoms with Crippen molar-refractivity contribution in [3.05, 3.63) is 65.2 Å². The van der Waals surface area contributed by atoms with Crippen LogP contribution in [0.25, 0.3) is 0 Å². The fourth-order valence-corrected chi connectivity index (χ4v) is 2.61. The summed E-state index contributed by atoms with van der Waals surface area (Å²) in [5.74, 6) is 0.387. The van der Waals surface area contributed by atoms with E-state index in [2.05, 4.69) is 17.6 Å². The van der Waals surface area contributed by atoms with Gasteiger partial charge in [-0.25, -0.2) is 9.80 Å². The van der Waals surface area contributed by atoms with Crippen LogP contribution in [0.15, 0.2) is 48.5 Å². The molecule has 1 amide bonds. The molecule has 118 valence electrons. The van der Waals surface area contributed by atoms with E-state index in [1.54, 1.807) is 24.3 Å². The predicted octanol–water partition coefficient (Wildman–Crippen LogP) is 2.95. The number of hydrogen-bond donors (Lipinski definition) is 1. The van der Waals surface area contributed by atoms with Crippen LogP contribution in [-0.4, -0.2) is 23.4 Å². The van der Waals surface area contributed by atoms with Crippen LogP contribution in [0.1, 0.15) is 28.4 Å². The molecule has 2 aromatic rings. The number of benzene rings is 2. The van der Waals surface area contributed by atoms with E-state index in [4.69, 9.17) is 4.74 Å². The molecule has 1 aliphatic rings. The summed E-state index contributed by atoms with van der Waals surface area (Å²) in [6.45, 7) is 2.90. The van der Waals surface area contributed by atoms with Crippen molar-refractivity contribution >= 4 is 11.9 Å². The zero-order chi connectivity index (χ0) is 16.2. The summed E-state index contributed by atoms with van der Waals surface area (Å²) in [5, 5.41) is 1.84. The molecule has 1 aliphatic heterocycles. The Kier molecular flexibility index (Phi) is 4.39. The number of hydrazine groups is 1. The van der Waals surface area contributed by atoms with Gasteiger partial charge in [0.2, 0.25) is 0 Å². The van der Waals surface area contributed by atoms with Gasteiger partial charge < -0.3 is 4.74 Å². The minimum Gasteiger partial charge on any atom is -0.409 e. The normalized spacial score (nSPS) is 14.0. The van der Waals surface area contributed by atoms with Crippen molar-refractivity contribution in [2.75, 3.05) is 6.54 Å². The van der Waals surface area contributed by atoms with Crippen molar-refractivity contribution in [3.63, 3.8) is 0 Å². The van der Waals surface area contributed by atoms with Gasteiger partial charge in [0.1, 0.15) is 5.75 Å². The zero-order valence-electron chi connectivity index (χ0n) is 12.9. The van der Waals surface area contributed by atoms with Gasteiger partial charge >= 0.3 is 6.09 Å². The van der Waals surface area contributed by atoms with Gasteiger partial charge in [-0.3, -0.25) is 10.2 Å². The lowest BCUT2D eigenvalue weighted by atomic mass is 10.0. The van der Waals surface area contributed by atoms with Crippen LogP contribution in [0.2, 0.25) is 0 Å². The molecule has 2 aromatic carbocycles. The third kappa shape index (κ3) is 3.76. The van der Waals surface area contributed by atoms with Gasteiger partial charge in [0, 0.05) is 18.7 Å². The van der Waals surface area contributed by atoms with Gasteiger partial charge in [-0.05, 0) is 48.7 Å². The minimum absolute atomic E-state index is 0.0204. The molecule has 5 heteroatoms. The quantitative estimate of drug-likeness (QED) is 0.886. The van der Waals surface area contributed by atoms with E-state index < -0.39 is 6.09 Å². The lowest BCUT2D eigenvalue weighted by Crippen LogP contribution is -2.46. The van der Waals surface area contributed by atoms with E-state index >= 15 is 0 Å². The van der Waals surface area contributed by atoms with Crippen molar-refractivity contribution < 1.29 is 14.3 Å². The third-order valence-electron chi connectivity index (χ3n) is 3.85. The molecule has 1 N–H and O–H groups in total. The smallest absolute Gasteiger partial charge is 0.409 e. The topological polar surface area (TPSA) is 58.6 Å². The second kappa shape index (κ2) is 6.62. The molecule has 0 saturated heterocycles. The van der Waals surface area contributed by atoms with Crippen LogP contribution in [0.5, 0.6) is 5.75 Å². The molecular formula is C18H18N2O3. The summed E-state index contributed by atoms with van der Waals surface area (Å²) >= 11 is 0. The molecule has 5 nitrogen and oxygen atoms in total. The van der Waals surface area contributed by atoms with E-state index in [-0.39, 0.29) is 5.78 Å². The predicted molar refractivity (Wildman–Crippen MR) is 86.2 cm³/mol. The average Bonchev–Trinajstić information content (AvgIpc) is 2.55. The van der Waals surface area contributed by atoms with E-state index in [0.717, 1.165) is 13.0 Å². The molecule has 0 atom stereocenters. The second-order valence-corrected chi connectivity index (χ2v) is 5.52. The maximum absolute atomic E-state index is 12.0. The van der Waals surface area contributed by atoms with Gasteiger partial charge in [-0.15, -0.1) is 0 Å². The van der Waals surface area contributed by atoms with E-state index in [9.17, 15) is 9.59 Å². The second-order valence-electron chi connectivity index (χ2n) is 5.52. The minimum atomic E-state index is -0.528.